The van der Waals surface area contributed by atoms with E-state index in [4.69, 9.17) is 0 Å². The molecule has 0 saturated heterocycles. The normalized spacial score (nSPS) is 29.9. The monoisotopic (exact) mass is 262 g/mol. The van der Waals surface area contributed by atoms with Crippen LogP contribution in [0.25, 0.3) is 0 Å². The Morgan fingerprint density at radius 1 is 1.12 bits per heavy atom. The highest BCUT2D eigenvalue weighted by Gasteiger charge is 2.33. The Bertz CT molecular complexity index is 346. The molecule has 17 heavy (non-hydrogen) atoms. The van der Waals surface area contributed by atoms with E-state index in [9.17, 15) is 13.5 Å². The van der Waals surface area contributed by atoms with Crippen LogP contribution in [0.4, 0.5) is 0 Å². The molecule has 3 nitrogen and oxygen atoms in total. The van der Waals surface area contributed by atoms with Crippen LogP contribution < -0.4 is 0 Å². The van der Waals surface area contributed by atoms with Gasteiger partial charge in [0.25, 0.3) is 0 Å². The molecule has 1 N–H and O–H groups in total. The van der Waals surface area contributed by atoms with Gasteiger partial charge in [-0.1, -0.05) is 20.3 Å². The van der Waals surface area contributed by atoms with Gasteiger partial charge in [0.2, 0.25) is 0 Å². The van der Waals surface area contributed by atoms with Gasteiger partial charge in [-0.3, -0.25) is 0 Å². The standard InChI is InChI=1S/C13H26O3S/c1-12(2)6-4-7-13(14,10-9-12)8-5-11-17(3,15)16/h14H,4-11H2,1-3H3. The summed E-state index contributed by atoms with van der Waals surface area (Å²) in [5, 5.41) is 10.5. The van der Waals surface area contributed by atoms with E-state index in [1.165, 1.54) is 6.26 Å². The van der Waals surface area contributed by atoms with E-state index in [-0.39, 0.29) is 5.75 Å². The molecule has 0 spiro atoms. The lowest BCUT2D eigenvalue weighted by atomic mass is 9.83. The molecule has 1 saturated carbocycles. The second-order valence-corrected chi connectivity index (χ2v) is 8.74. The van der Waals surface area contributed by atoms with Gasteiger partial charge in [0.05, 0.1) is 5.60 Å². The fourth-order valence-electron chi connectivity index (χ4n) is 2.63. The summed E-state index contributed by atoms with van der Waals surface area (Å²) in [6.45, 7) is 4.49. The van der Waals surface area contributed by atoms with Gasteiger partial charge in [0, 0.05) is 12.0 Å². The molecule has 0 aromatic carbocycles. The van der Waals surface area contributed by atoms with Crippen LogP contribution in [0.15, 0.2) is 0 Å². The minimum absolute atomic E-state index is 0.193. The molecule has 4 heteroatoms. The van der Waals surface area contributed by atoms with E-state index in [1.54, 1.807) is 0 Å². The van der Waals surface area contributed by atoms with Gasteiger partial charge in [0.15, 0.2) is 0 Å². The highest BCUT2D eigenvalue weighted by molar-refractivity contribution is 7.90. The molecular formula is C13H26O3S. The molecule has 1 fully saturated rings. The Labute approximate surface area is 106 Å². The topological polar surface area (TPSA) is 54.4 Å². The van der Waals surface area contributed by atoms with Crippen LogP contribution in [-0.2, 0) is 9.84 Å². The lowest BCUT2D eigenvalue weighted by molar-refractivity contribution is 0.0135. The fourth-order valence-corrected chi connectivity index (χ4v) is 3.30. The molecule has 0 amide bonds. The molecule has 0 bridgehead atoms. The molecule has 0 aromatic heterocycles. The van der Waals surface area contributed by atoms with Gasteiger partial charge in [-0.05, 0) is 43.9 Å². The largest absolute Gasteiger partial charge is 0.390 e. The van der Waals surface area contributed by atoms with E-state index < -0.39 is 15.4 Å². The third kappa shape index (κ3) is 5.87. The van der Waals surface area contributed by atoms with Crippen molar-refractivity contribution in [3.63, 3.8) is 0 Å². The maximum atomic E-state index is 11.1. The Balaban J connectivity index is 2.46. The van der Waals surface area contributed by atoms with Crippen molar-refractivity contribution in [3.8, 4) is 0 Å². The van der Waals surface area contributed by atoms with Crippen molar-refractivity contribution in [1.82, 2.24) is 0 Å². The molecule has 0 heterocycles. The van der Waals surface area contributed by atoms with Crippen molar-refractivity contribution >= 4 is 9.84 Å². The lowest BCUT2D eigenvalue weighted by Gasteiger charge is -2.27. The molecular weight excluding hydrogens is 236 g/mol. The van der Waals surface area contributed by atoms with Gasteiger partial charge < -0.3 is 5.11 Å². The number of rotatable bonds is 4. The summed E-state index contributed by atoms with van der Waals surface area (Å²) in [6, 6.07) is 0. The third-order valence-corrected chi connectivity index (χ3v) is 4.95. The van der Waals surface area contributed by atoms with Gasteiger partial charge in [-0.15, -0.1) is 0 Å². The smallest absolute Gasteiger partial charge is 0.147 e. The summed E-state index contributed by atoms with van der Waals surface area (Å²) >= 11 is 0. The molecule has 1 rings (SSSR count). The van der Waals surface area contributed by atoms with Crippen LogP contribution in [0.2, 0.25) is 0 Å². The maximum absolute atomic E-state index is 11.1. The summed E-state index contributed by atoms with van der Waals surface area (Å²) < 4.78 is 22.1. The number of hydrogen-bond donors (Lipinski definition) is 1. The number of sulfone groups is 1. The summed E-state index contributed by atoms with van der Waals surface area (Å²) in [5.41, 5.74) is -0.306. The first-order chi connectivity index (χ1) is 7.62. The zero-order valence-corrected chi connectivity index (χ0v) is 12.1. The summed E-state index contributed by atoms with van der Waals surface area (Å²) in [4.78, 5) is 0. The first-order valence-corrected chi connectivity index (χ1v) is 8.58. The van der Waals surface area contributed by atoms with Gasteiger partial charge in [0.1, 0.15) is 9.84 Å². The maximum Gasteiger partial charge on any atom is 0.147 e. The van der Waals surface area contributed by atoms with E-state index >= 15 is 0 Å². The molecule has 102 valence electrons. The van der Waals surface area contributed by atoms with Crippen LogP contribution in [0, 0.1) is 5.41 Å². The first kappa shape index (κ1) is 15.0. The second kappa shape index (κ2) is 5.27. The van der Waals surface area contributed by atoms with E-state index in [0.29, 0.717) is 18.3 Å². The van der Waals surface area contributed by atoms with Crippen molar-refractivity contribution in [2.45, 2.75) is 64.4 Å². The minimum Gasteiger partial charge on any atom is -0.390 e. The van der Waals surface area contributed by atoms with Crippen molar-refractivity contribution in [1.29, 1.82) is 0 Å². The summed E-state index contributed by atoms with van der Waals surface area (Å²) in [6.07, 6.45) is 7.31. The average molecular weight is 262 g/mol. The van der Waals surface area contributed by atoms with Crippen molar-refractivity contribution in [3.05, 3.63) is 0 Å². The number of aliphatic hydroxyl groups is 1. The Morgan fingerprint density at radius 3 is 2.35 bits per heavy atom. The third-order valence-electron chi connectivity index (χ3n) is 3.92. The zero-order valence-electron chi connectivity index (χ0n) is 11.3. The van der Waals surface area contributed by atoms with Crippen molar-refractivity contribution in [2.75, 3.05) is 12.0 Å². The quantitative estimate of drug-likeness (QED) is 0.792. The van der Waals surface area contributed by atoms with Gasteiger partial charge in [-0.2, -0.15) is 0 Å². The predicted octanol–water partition coefficient (Wildman–Crippen LogP) is 2.53. The van der Waals surface area contributed by atoms with Crippen molar-refractivity contribution < 1.29 is 13.5 Å². The molecule has 1 atom stereocenters. The molecule has 0 aromatic rings. The summed E-state index contributed by atoms with van der Waals surface area (Å²) in [5.74, 6) is 0.193. The first-order valence-electron chi connectivity index (χ1n) is 6.52. The van der Waals surface area contributed by atoms with Gasteiger partial charge >= 0.3 is 0 Å². The molecule has 1 aliphatic carbocycles. The van der Waals surface area contributed by atoms with Crippen molar-refractivity contribution in [2.24, 2.45) is 5.41 Å². The van der Waals surface area contributed by atoms with Crippen LogP contribution in [-0.4, -0.2) is 31.1 Å². The SMILES string of the molecule is CC1(C)CCCC(O)(CCCS(C)(=O)=O)CC1. The van der Waals surface area contributed by atoms with E-state index in [2.05, 4.69) is 13.8 Å². The molecule has 1 unspecified atom stereocenters. The van der Waals surface area contributed by atoms with Crippen LogP contribution in [0.1, 0.15) is 58.8 Å². The molecule has 1 aliphatic rings. The Kier molecular flexibility index (Phi) is 4.64. The molecule has 0 aliphatic heterocycles. The predicted molar refractivity (Wildman–Crippen MR) is 70.8 cm³/mol. The van der Waals surface area contributed by atoms with Gasteiger partial charge in [-0.25, -0.2) is 8.42 Å². The number of hydrogen-bond acceptors (Lipinski definition) is 3. The lowest BCUT2D eigenvalue weighted by Crippen LogP contribution is -2.28. The summed E-state index contributed by atoms with van der Waals surface area (Å²) in [7, 11) is -2.89. The second-order valence-electron chi connectivity index (χ2n) is 6.48. The zero-order chi connectivity index (χ0) is 13.2. The highest BCUT2D eigenvalue weighted by atomic mass is 32.2. The average Bonchev–Trinajstić information content (AvgIpc) is 2.24. The van der Waals surface area contributed by atoms with Crippen LogP contribution in [0.3, 0.4) is 0 Å². The van der Waals surface area contributed by atoms with E-state index in [1.807, 2.05) is 0 Å². The highest BCUT2D eigenvalue weighted by Crippen LogP contribution is 2.39. The fraction of sp³-hybridized carbons (Fsp3) is 1.00. The Morgan fingerprint density at radius 2 is 1.76 bits per heavy atom. The Hall–Kier alpha value is -0.0900. The molecule has 0 radical (unpaired) electrons. The van der Waals surface area contributed by atoms with Crippen LogP contribution in [0.5, 0.6) is 0 Å². The van der Waals surface area contributed by atoms with Crippen LogP contribution >= 0.6 is 0 Å². The van der Waals surface area contributed by atoms with E-state index in [0.717, 1.165) is 32.1 Å². The minimum atomic E-state index is -2.89.